The number of hydrogen-bond donors (Lipinski definition) is 0. The van der Waals surface area contributed by atoms with E-state index < -0.39 is 0 Å². The number of alkyl halides is 2. The summed E-state index contributed by atoms with van der Waals surface area (Å²) in [5.74, 6) is -0.639. The molecule has 1 aliphatic carbocycles. The second kappa shape index (κ2) is 8.61. The number of cyclic esters (lactones) is 2. The van der Waals surface area contributed by atoms with Gasteiger partial charge in [-0.15, -0.1) is 23.2 Å². The number of hydrogen-bond acceptors (Lipinski definition) is 3. The summed E-state index contributed by atoms with van der Waals surface area (Å²) in [6.07, 6.45) is 6.59. The minimum absolute atomic E-state index is 0.0697. The third kappa shape index (κ3) is 5.85. The van der Waals surface area contributed by atoms with Crippen LogP contribution in [-0.4, -0.2) is 22.7 Å². The lowest BCUT2D eigenvalue weighted by molar-refractivity contribution is -0.153. The van der Waals surface area contributed by atoms with Gasteiger partial charge >= 0.3 is 11.9 Å². The molecular weight excluding hydrogens is 359 g/mol. The van der Waals surface area contributed by atoms with Gasteiger partial charge in [0, 0.05) is 10.8 Å². The molecule has 6 atom stereocenters. The van der Waals surface area contributed by atoms with Crippen molar-refractivity contribution < 1.29 is 14.3 Å². The van der Waals surface area contributed by atoms with E-state index in [1.54, 1.807) is 0 Å². The van der Waals surface area contributed by atoms with E-state index in [0.29, 0.717) is 24.2 Å². The molecule has 3 nitrogen and oxygen atoms in total. The van der Waals surface area contributed by atoms with Crippen molar-refractivity contribution in [3.05, 3.63) is 0 Å². The van der Waals surface area contributed by atoms with Crippen molar-refractivity contribution in [3.63, 3.8) is 0 Å². The summed E-state index contributed by atoms with van der Waals surface area (Å²) in [7, 11) is 0. The zero-order valence-corrected chi connectivity index (χ0v) is 17.4. The molecule has 2 rings (SSSR count). The minimum Gasteiger partial charge on any atom is -0.393 e. The molecule has 0 spiro atoms. The Balaban J connectivity index is 1.76. The van der Waals surface area contributed by atoms with Crippen LogP contribution >= 0.6 is 23.2 Å². The molecule has 5 heteroatoms. The highest BCUT2D eigenvalue weighted by Crippen LogP contribution is 2.43. The molecule has 0 aromatic heterocycles. The number of carbonyl (C=O) groups excluding carboxylic acids is 2. The Bertz CT molecular complexity index is 486. The summed E-state index contributed by atoms with van der Waals surface area (Å²) in [5.41, 5.74) is 0.374. The number of halogens is 2. The molecule has 25 heavy (non-hydrogen) atoms. The van der Waals surface area contributed by atoms with Gasteiger partial charge in [0.1, 0.15) is 0 Å². The average Bonchev–Trinajstić information content (AvgIpc) is 2.77. The monoisotopic (exact) mass is 390 g/mol. The van der Waals surface area contributed by atoms with E-state index in [0.717, 1.165) is 19.3 Å². The van der Waals surface area contributed by atoms with E-state index in [1.807, 2.05) is 0 Å². The topological polar surface area (TPSA) is 43.4 Å². The molecule has 1 saturated carbocycles. The number of esters is 2. The summed E-state index contributed by atoms with van der Waals surface area (Å²) in [6.45, 7) is 9.03. The first-order chi connectivity index (χ1) is 11.6. The molecule has 1 aliphatic heterocycles. The van der Waals surface area contributed by atoms with Crippen LogP contribution in [0.2, 0.25) is 0 Å². The summed E-state index contributed by atoms with van der Waals surface area (Å²) in [5, 5.41) is 0.0680. The molecule has 2 aliphatic rings. The van der Waals surface area contributed by atoms with E-state index in [2.05, 4.69) is 27.7 Å². The Kier molecular flexibility index (Phi) is 7.24. The standard InChI is InChI=1S/C20H32Cl2O3/c1-12(6-5-9-20(2,3)4)16(21)8-7-13-10-14-15(11-17(13)22)19(24)25-18(14)23/h12-17H,5-11H2,1-4H3. The van der Waals surface area contributed by atoms with Crippen molar-refractivity contribution in [2.24, 2.45) is 29.1 Å². The van der Waals surface area contributed by atoms with Gasteiger partial charge in [-0.2, -0.15) is 0 Å². The SMILES string of the molecule is CC(CCCC(C)(C)C)C(Cl)CCC1CC2C(=O)OC(=O)C2CC1Cl. The number of ether oxygens (including phenoxy) is 1. The lowest BCUT2D eigenvalue weighted by Crippen LogP contribution is -2.34. The molecule has 0 bridgehead atoms. The van der Waals surface area contributed by atoms with Crippen LogP contribution in [0.25, 0.3) is 0 Å². The first kappa shape index (κ1) is 21.0. The van der Waals surface area contributed by atoms with Crippen molar-refractivity contribution in [3.8, 4) is 0 Å². The molecule has 144 valence electrons. The van der Waals surface area contributed by atoms with E-state index in [4.69, 9.17) is 27.9 Å². The van der Waals surface area contributed by atoms with Gasteiger partial charge in [0.25, 0.3) is 0 Å². The molecule has 1 heterocycles. The molecule has 6 unspecified atom stereocenters. The average molecular weight is 391 g/mol. The van der Waals surface area contributed by atoms with Crippen LogP contribution in [-0.2, 0) is 14.3 Å². The molecular formula is C20H32Cl2O3. The summed E-state index contributed by atoms with van der Waals surface area (Å²) in [6, 6.07) is 0. The number of fused-ring (bicyclic) bond motifs is 1. The zero-order chi connectivity index (χ0) is 18.8. The van der Waals surface area contributed by atoms with Gasteiger partial charge in [-0.25, -0.2) is 0 Å². The van der Waals surface area contributed by atoms with Gasteiger partial charge < -0.3 is 4.74 Å². The molecule has 0 radical (unpaired) electrons. The van der Waals surface area contributed by atoms with Crippen LogP contribution in [0.5, 0.6) is 0 Å². The highest BCUT2D eigenvalue weighted by atomic mass is 35.5. The van der Waals surface area contributed by atoms with Crippen molar-refractivity contribution in [2.75, 3.05) is 0 Å². The van der Waals surface area contributed by atoms with E-state index >= 15 is 0 Å². The van der Waals surface area contributed by atoms with Crippen LogP contribution < -0.4 is 0 Å². The van der Waals surface area contributed by atoms with E-state index in [1.165, 1.54) is 12.8 Å². The van der Waals surface area contributed by atoms with Crippen molar-refractivity contribution >= 4 is 35.1 Å². The second-order valence-electron chi connectivity index (χ2n) is 9.22. The van der Waals surface area contributed by atoms with E-state index in [-0.39, 0.29) is 40.4 Å². The van der Waals surface area contributed by atoms with Gasteiger partial charge in [-0.1, -0.05) is 34.1 Å². The minimum atomic E-state index is -0.387. The van der Waals surface area contributed by atoms with Gasteiger partial charge in [-0.05, 0) is 55.8 Å². The van der Waals surface area contributed by atoms with Crippen molar-refractivity contribution in [2.45, 2.75) is 83.4 Å². The molecule has 1 saturated heterocycles. The number of rotatable bonds is 7. The van der Waals surface area contributed by atoms with Crippen LogP contribution in [0.15, 0.2) is 0 Å². The highest BCUT2D eigenvalue weighted by Gasteiger charge is 2.50. The van der Waals surface area contributed by atoms with Gasteiger partial charge in [0.15, 0.2) is 0 Å². The second-order valence-corrected chi connectivity index (χ2v) is 10.3. The Hall–Kier alpha value is -0.280. The fourth-order valence-electron chi connectivity index (χ4n) is 4.10. The van der Waals surface area contributed by atoms with Gasteiger partial charge in [0.05, 0.1) is 11.8 Å². The lowest BCUT2D eigenvalue weighted by Gasteiger charge is -2.33. The highest BCUT2D eigenvalue weighted by molar-refractivity contribution is 6.21. The first-order valence-corrected chi connectivity index (χ1v) is 10.5. The first-order valence-electron chi connectivity index (χ1n) is 9.62. The van der Waals surface area contributed by atoms with Crippen molar-refractivity contribution in [1.82, 2.24) is 0 Å². The maximum Gasteiger partial charge on any atom is 0.317 e. The predicted octanol–water partition coefficient (Wildman–Crippen LogP) is 5.56. The van der Waals surface area contributed by atoms with Gasteiger partial charge in [-0.3, -0.25) is 9.59 Å². The Labute approximate surface area is 162 Å². The third-order valence-corrected chi connectivity index (χ3v) is 7.04. The quantitative estimate of drug-likeness (QED) is 0.324. The van der Waals surface area contributed by atoms with E-state index in [9.17, 15) is 9.59 Å². The Morgan fingerprint density at radius 1 is 1.12 bits per heavy atom. The molecule has 0 aromatic rings. The fraction of sp³-hybridized carbons (Fsp3) is 0.900. The summed E-state index contributed by atoms with van der Waals surface area (Å²) < 4.78 is 4.78. The molecule has 0 amide bonds. The maximum atomic E-state index is 11.8. The van der Waals surface area contributed by atoms with Crippen LogP contribution in [0, 0.1) is 29.1 Å². The molecule has 0 aromatic carbocycles. The summed E-state index contributed by atoms with van der Waals surface area (Å²) >= 11 is 13.1. The van der Waals surface area contributed by atoms with Crippen LogP contribution in [0.4, 0.5) is 0 Å². The van der Waals surface area contributed by atoms with Gasteiger partial charge in [0.2, 0.25) is 0 Å². The van der Waals surface area contributed by atoms with Crippen molar-refractivity contribution in [1.29, 1.82) is 0 Å². The Morgan fingerprint density at radius 2 is 1.72 bits per heavy atom. The maximum absolute atomic E-state index is 11.8. The largest absolute Gasteiger partial charge is 0.393 e. The normalized spacial score (nSPS) is 32.2. The lowest BCUT2D eigenvalue weighted by atomic mass is 9.73. The number of carbonyl (C=O) groups is 2. The Morgan fingerprint density at radius 3 is 2.32 bits per heavy atom. The zero-order valence-electron chi connectivity index (χ0n) is 15.9. The molecule has 2 fully saturated rings. The summed E-state index contributed by atoms with van der Waals surface area (Å²) in [4.78, 5) is 23.5. The predicted molar refractivity (Wildman–Crippen MR) is 102 cm³/mol. The smallest absolute Gasteiger partial charge is 0.317 e. The molecule has 0 N–H and O–H groups in total. The third-order valence-electron chi connectivity index (χ3n) is 5.86. The van der Waals surface area contributed by atoms with Crippen LogP contribution in [0.3, 0.4) is 0 Å². The fourth-order valence-corrected chi connectivity index (χ4v) is 4.77. The van der Waals surface area contributed by atoms with Crippen LogP contribution in [0.1, 0.15) is 72.6 Å².